The van der Waals surface area contributed by atoms with Gasteiger partial charge in [0, 0.05) is 7.05 Å². The second-order valence-corrected chi connectivity index (χ2v) is 3.60. The SMILES string of the molecule is CCCCC.CN(F)Cc1ccccc1. The third-order valence-corrected chi connectivity index (χ3v) is 1.95. The third-order valence-electron chi connectivity index (χ3n) is 1.95. The molecule has 0 saturated carbocycles. The summed E-state index contributed by atoms with van der Waals surface area (Å²) in [5.41, 5.74) is 0.993. The summed E-state index contributed by atoms with van der Waals surface area (Å²) in [6, 6.07) is 9.52. The molecule has 0 aliphatic carbocycles. The molecular weight excluding hydrogens is 189 g/mol. The van der Waals surface area contributed by atoms with E-state index in [0.717, 1.165) is 5.56 Å². The Balaban J connectivity index is 0.000000336. The summed E-state index contributed by atoms with van der Waals surface area (Å²) in [5, 5.41) is 0.662. The van der Waals surface area contributed by atoms with Crippen LogP contribution in [0.25, 0.3) is 0 Å². The van der Waals surface area contributed by atoms with Gasteiger partial charge in [0.15, 0.2) is 0 Å². The van der Waals surface area contributed by atoms with Crippen molar-refractivity contribution in [2.24, 2.45) is 0 Å². The molecule has 0 spiro atoms. The van der Waals surface area contributed by atoms with Gasteiger partial charge in [0.2, 0.25) is 0 Å². The second kappa shape index (κ2) is 9.66. The fourth-order valence-electron chi connectivity index (χ4n) is 1.19. The van der Waals surface area contributed by atoms with Crippen molar-refractivity contribution >= 4 is 0 Å². The van der Waals surface area contributed by atoms with E-state index in [9.17, 15) is 4.48 Å². The highest BCUT2D eigenvalue weighted by Crippen LogP contribution is 2.01. The number of benzene rings is 1. The molecule has 15 heavy (non-hydrogen) atoms. The number of rotatable bonds is 4. The molecule has 0 aliphatic rings. The van der Waals surface area contributed by atoms with Crippen LogP contribution in [0.1, 0.15) is 38.7 Å². The normalized spacial score (nSPS) is 9.67. The largest absolute Gasteiger partial charge is 0.145 e. The predicted molar refractivity (Wildman–Crippen MR) is 64.2 cm³/mol. The van der Waals surface area contributed by atoms with E-state index in [1.165, 1.54) is 26.3 Å². The first kappa shape index (κ1) is 14.1. The molecule has 1 aromatic carbocycles. The van der Waals surface area contributed by atoms with E-state index in [1.807, 2.05) is 30.3 Å². The monoisotopic (exact) mass is 211 g/mol. The first-order valence-corrected chi connectivity index (χ1v) is 5.61. The van der Waals surface area contributed by atoms with E-state index in [-0.39, 0.29) is 0 Å². The Morgan fingerprint density at radius 2 is 1.60 bits per heavy atom. The minimum absolute atomic E-state index is 0.362. The maximum absolute atomic E-state index is 12.2. The summed E-state index contributed by atoms with van der Waals surface area (Å²) in [4.78, 5) is 0. The number of halogens is 1. The summed E-state index contributed by atoms with van der Waals surface area (Å²) in [6.45, 7) is 4.79. The zero-order chi connectivity index (χ0) is 11.5. The van der Waals surface area contributed by atoms with Crippen molar-refractivity contribution in [2.45, 2.75) is 39.7 Å². The van der Waals surface area contributed by atoms with Gasteiger partial charge in [-0.05, 0) is 5.56 Å². The van der Waals surface area contributed by atoms with Crippen LogP contribution in [0.3, 0.4) is 0 Å². The summed E-state index contributed by atoms with van der Waals surface area (Å²) in [6.07, 6.45) is 4.08. The first-order valence-electron chi connectivity index (χ1n) is 5.61. The minimum Gasteiger partial charge on any atom is -0.145 e. The Morgan fingerprint density at radius 1 is 1.07 bits per heavy atom. The zero-order valence-corrected chi connectivity index (χ0v) is 10.0. The number of nitrogens with zero attached hydrogens (tertiary/aromatic N) is 1. The Labute approximate surface area is 92.9 Å². The number of hydrogen-bond donors (Lipinski definition) is 0. The van der Waals surface area contributed by atoms with Crippen LogP contribution in [0.5, 0.6) is 0 Å². The molecule has 0 radical (unpaired) electrons. The molecule has 0 bridgehead atoms. The van der Waals surface area contributed by atoms with Gasteiger partial charge in [-0.15, -0.1) is 9.60 Å². The molecule has 2 heteroatoms. The highest BCUT2D eigenvalue weighted by molar-refractivity contribution is 5.13. The highest BCUT2D eigenvalue weighted by atomic mass is 19.2. The lowest BCUT2D eigenvalue weighted by Crippen LogP contribution is -2.04. The second-order valence-electron chi connectivity index (χ2n) is 3.60. The lowest BCUT2D eigenvalue weighted by Gasteiger charge is -2.03. The summed E-state index contributed by atoms with van der Waals surface area (Å²) in [7, 11) is 1.41. The van der Waals surface area contributed by atoms with E-state index < -0.39 is 0 Å². The average molecular weight is 211 g/mol. The fraction of sp³-hybridized carbons (Fsp3) is 0.538. The quantitative estimate of drug-likeness (QED) is 0.675. The Morgan fingerprint density at radius 3 is 1.93 bits per heavy atom. The highest BCUT2D eigenvalue weighted by Gasteiger charge is 1.94. The lowest BCUT2D eigenvalue weighted by molar-refractivity contribution is 0.0506. The Hall–Kier alpha value is -0.890. The number of hydrogen-bond acceptors (Lipinski definition) is 1. The molecule has 1 nitrogen and oxygen atoms in total. The van der Waals surface area contributed by atoms with Crippen LogP contribution in [-0.4, -0.2) is 12.2 Å². The van der Waals surface area contributed by atoms with E-state index >= 15 is 0 Å². The van der Waals surface area contributed by atoms with Gasteiger partial charge < -0.3 is 0 Å². The molecule has 0 aliphatic heterocycles. The number of unbranched alkanes of at least 4 members (excludes halogenated alkanes) is 2. The molecule has 0 saturated heterocycles. The molecule has 0 N–H and O–H groups in total. The van der Waals surface area contributed by atoms with Crippen molar-refractivity contribution in [2.75, 3.05) is 7.05 Å². The standard InChI is InChI=1S/C8H10FN.C5H12/c1-10(9)7-8-5-3-2-4-6-8;1-3-5-4-2/h2-6H,7H2,1H3;3-5H2,1-2H3. The molecule has 1 rings (SSSR count). The van der Waals surface area contributed by atoms with Crippen LogP contribution in [0.4, 0.5) is 4.48 Å². The van der Waals surface area contributed by atoms with E-state index in [0.29, 0.717) is 11.7 Å². The summed E-state index contributed by atoms with van der Waals surface area (Å²) >= 11 is 0. The molecule has 0 unspecified atom stereocenters. The lowest BCUT2D eigenvalue weighted by atomic mass is 10.2. The van der Waals surface area contributed by atoms with Crippen LogP contribution in [0.15, 0.2) is 30.3 Å². The molecular formula is C13H22FN. The summed E-state index contributed by atoms with van der Waals surface area (Å²) < 4.78 is 12.2. The van der Waals surface area contributed by atoms with Gasteiger partial charge in [-0.2, -0.15) is 0 Å². The smallest absolute Gasteiger partial charge is 0.0537 e. The fourth-order valence-corrected chi connectivity index (χ4v) is 1.19. The molecule has 1 aromatic rings. The van der Waals surface area contributed by atoms with Gasteiger partial charge in [0.25, 0.3) is 0 Å². The van der Waals surface area contributed by atoms with Crippen molar-refractivity contribution in [3.05, 3.63) is 35.9 Å². The Kier molecular flexibility index (Phi) is 9.08. The Bertz CT molecular complexity index is 219. The van der Waals surface area contributed by atoms with Crippen LogP contribution in [0, 0.1) is 0 Å². The van der Waals surface area contributed by atoms with Gasteiger partial charge in [-0.25, -0.2) is 0 Å². The van der Waals surface area contributed by atoms with Crippen molar-refractivity contribution in [1.82, 2.24) is 5.12 Å². The molecule has 0 fully saturated rings. The van der Waals surface area contributed by atoms with E-state index in [1.54, 1.807) is 0 Å². The molecule has 86 valence electrons. The summed E-state index contributed by atoms with van der Waals surface area (Å²) in [5.74, 6) is 0. The van der Waals surface area contributed by atoms with Crippen molar-refractivity contribution < 1.29 is 4.48 Å². The van der Waals surface area contributed by atoms with E-state index in [2.05, 4.69) is 13.8 Å². The molecule has 0 aromatic heterocycles. The molecule has 0 atom stereocenters. The maximum atomic E-state index is 12.2. The van der Waals surface area contributed by atoms with Gasteiger partial charge in [0.05, 0.1) is 6.54 Å². The molecule has 0 heterocycles. The van der Waals surface area contributed by atoms with Gasteiger partial charge in [-0.1, -0.05) is 63.4 Å². The van der Waals surface area contributed by atoms with E-state index in [4.69, 9.17) is 0 Å². The van der Waals surface area contributed by atoms with Crippen LogP contribution in [-0.2, 0) is 6.54 Å². The third kappa shape index (κ3) is 9.42. The topological polar surface area (TPSA) is 3.24 Å². The van der Waals surface area contributed by atoms with Gasteiger partial charge in [0.1, 0.15) is 0 Å². The average Bonchev–Trinajstić information content (AvgIpc) is 2.20. The first-order chi connectivity index (χ1) is 7.20. The predicted octanol–water partition coefficient (Wildman–Crippen LogP) is 4.20. The van der Waals surface area contributed by atoms with Crippen molar-refractivity contribution in [3.8, 4) is 0 Å². The maximum Gasteiger partial charge on any atom is 0.0537 e. The molecule has 0 amide bonds. The zero-order valence-electron chi connectivity index (χ0n) is 10.0. The minimum atomic E-state index is 0.362. The van der Waals surface area contributed by atoms with Crippen LogP contribution < -0.4 is 0 Å². The van der Waals surface area contributed by atoms with Crippen molar-refractivity contribution in [1.29, 1.82) is 0 Å². The van der Waals surface area contributed by atoms with Crippen molar-refractivity contribution in [3.63, 3.8) is 0 Å². The van der Waals surface area contributed by atoms with Gasteiger partial charge >= 0.3 is 0 Å². The van der Waals surface area contributed by atoms with Gasteiger partial charge in [-0.3, -0.25) is 0 Å². The van der Waals surface area contributed by atoms with Crippen LogP contribution >= 0.6 is 0 Å². The van der Waals surface area contributed by atoms with Crippen LogP contribution in [0.2, 0.25) is 0 Å².